The second-order valence-electron chi connectivity index (χ2n) is 8.21. The molecule has 0 radical (unpaired) electrons. The van der Waals surface area contributed by atoms with Gasteiger partial charge in [0, 0.05) is 19.2 Å². The molecule has 3 rings (SSSR count). The number of imidazole rings is 1. The van der Waals surface area contributed by atoms with E-state index in [1.54, 1.807) is 0 Å². The average molecular weight is 550 g/mol. The Morgan fingerprint density at radius 1 is 1.29 bits per heavy atom. The number of aryl methyl sites for hydroxylation is 2. The molecule has 2 heterocycles. The number of nitrogens with zero attached hydrogens (tertiary/aromatic N) is 5. The highest BCUT2D eigenvalue weighted by Gasteiger charge is 2.25. The van der Waals surface area contributed by atoms with Crippen molar-refractivity contribution in [3.05, 3.63) is 41.1 Å². The van der Waals surface area contributed by atoms with Crippen molar-refractivity contribution in [2.24, 2.45) is 0 Å². The Bertz CT molecular complexity index is 1260. The van der Waals surface area contributed by atoms with Crippen molar-refractivity contribution in [2.75, 3.05) is 39.5 Å². The first-order valence-corrected chi connectivity index (χ1v) is 12.3. The third-order valence-corrected chi connectivity index (χ3v) is 5.61. The smallest absolute Gasteiger partial charge is 0.290 e. The number of carboxylic acid groups (broad SMARTS) is 1. The van der Waals surface area contributed by atoms with E-state index in [-0.39, 0.29) is 42.2 Å². The van der Waals surface area contributed by atoms with Crippen LogP contribution in [0.4, 0.5) is 5.82 Å². The van der Waals surface area contributed by atoms with E-state index < -0.39 is 5.91 Å². The number of ether oxygens (including phenoxy) is 1. The summed E-state index contributed by atoms with van der Waals surface area (Å²) in [6, 6.07) is 5.70. The number of hydrogen-bond acceptors (Lipinski definition) is 8. The van der Waals surface area contributed by atoms with Crippen molar-refractivity contribution in [3.63, 3.8) is 0 Å². The van der Waals surface area contributed by atoms with Crippen LogP contribution in [0.1, 0.15) is 30.2 Å². The number of nitrogens with two attached hydrogens (primary N) is 1. The summed E-state index contributed by atoms with van der Waals surface area (Å²) in [4.78, 5) is 43.0. The lowest BCUT2D eigenvalue weighted by Gasteiger charge is -2.11. The molecule has 2 aromatic heterocycles. The normalized spacial score (nSPS) is 10.6. The van der Waals surface area contributed by atoms with Gasteiger partial charge in [-0.05, 0) is 40.1 Å². The summed E-state index contributed by atoms with van der Waals surface area (Å²) < 4.78 is 9.94. The van der Waals surface area contributed by atoms with Gasteiger partial charge in [-0.3, -0.25) is 14.4 Å². The monoisotopic (exact) mass is 549 g/mol. The molecule has 0 saturated heterocycles. The first-order chi connectivity index (χ1) is 18.2. The molecule has 0 unspecified atom stereocenters. The summed E-state index contributed by atoms with van der Waals surface area (Å²) in [6.07, 6.45) is 1.29. The van der Waals surface area contributed by atoms with Crippen molar-refractivity contribution in [2.45, 2.75) is 33.5 Å². The van der Waals surface area contributed by atoms with Crippen LogP contribution in [0.25, 0.3) is 11.0 Å². The highest BCUT2D eigenvalue weighted by atomic mass is 35.5. The van der Waals surface area contributed by atoms with Crippen LogP contribution in [-0.2, 0) is 29.2 Å². The minimum atomic E-state index is -0.461. The molecule has 0 aliphatic heterocycles. The van der Waals surface area contributed by atoms with E-state index in [1.807, 2.05) is 51.0 Å². The molecule has 5 N–H and O–H groups in total. The van der Waals surface area contributed by atoms with Gasteiger partial charge in [0.2, 0.25) is 0 Å². The van der Waals surface area contributed by atoms with Crippen molar-refractivity contribution < 1.29 is 28.8 Å². The Kier molecular flexibility index (Phi) is 11.7. The molecule has 38 heavy (non-hydrogen) atoms. The first-order valence-electron chi connectivity index (χ1n) is 11.9. The Morgan fingerprint density at radius 2 is 2.00 bits per heavy atom. The number of rotatable bonds is 11. The van der Waals surface area contributed by atoms with Gasteiger partial charge in [0.05, 0.1) is 19.3 Å². The van der Waals surface area contributed by atoms with Crippen LogP contribution in [0.15, 0.2) is 24.4 Å². The fourth-order valence-corrected chi connectivity index (χ4v) is 3.90. The third-order valence-electron chi connectivity index (χ3n) is 5.43. The summed E-state index contributed by atoms with van der Waals surface area (Å²) >= 11 is 5.87. The van der Waals surface area contributed by atoms with Crippen LogP contribution in [0.5, 0.6) is 5.75 Å². The molecule has 14 heteroatoms. The van der Waals surface area contributed by atoms with Crippen LogP contribution >= 0.6 is 11.6 Å². The van der Waals surface area contributed by atoms with Gasteiger partial charge in [0.25, 0.3) is 24.1 Å². The molecule has 0 spiro atoms. The molecular weight excluding hydrogens is 516 g/mol. The maximum Gasteiger partial charge on any atom is 0.290 e. The molecule has 13 nitrogen and oxygen atoms in total. The van der Waals surface area contributed by atoms with E-state index in [0.717, 1.165) is 23.4 Å². The number of benzene rings is 1. The van der Waals surface area contributed by atoms with Gasteiger partial charge in [0.15, 0.2) is 29.2 Å². The Hall–Kier alpha value is -3.97. The summed E-state index contributed by atoms with van der Waals surface area (Å²) in [5.74, 6) is 0.864. The van der Waals surface area contributed by atoms with Gasteiger partial charge in [-0.25, -0.2) is 19.1 Å². The molecule has 0 saturated carbocycles. The topological polar surface area (TPSA) is 169 Å². The largest absolute Gasteiger partial charge is 0.484 e. The van der Waals surface area contributed by atoms with Crippen molar-refractivity contribution in [3.8, 4) is 5.75 Å². The zero-order valence-corrected chi connectivity index (χ0v) is 22.7. The zero-order valence-electron chi connectivity index (χ0n) is 21.9. The molecule has 0 fully saturated rings. The highest BCUT2D eigenvalue weighted by Crippen LogP contribution is 2.22. The van der Waals surface area contributed by atoms with E-state index >= 15 is 0 Å². The van der Waals surface area contributed by atoms with E-state index in [4.69, 9.17) is 32.0 Å². The zero-order chi connectivity index (χ0) is 28.2. The molecule has 0 bridgehead atoms. The van der Waals surface area contributed by atoms with Gasteiger partial charge in [0.1, 0.15) is 17.4 Å². The number of carbonyl (C=O) groups excluding carboxylic acids is 2. The lowest BCUT2D eigenvalue weighted by atomic mass is 10.3. The summed E-state index contributed by atoms with van der Waals surface area (Å²) in [7, 11) is 3.90. The minimum Gasteiger partial charge on any atom is -0.484 e. The average Bonchev–Trinajstić information content (AvgIpc) is 3.19. The molecule has 1 aromatic carbocycles. The number of nitrogen functional groups attached to an aromatic ring is 1. The van der Waals surface area contributed by atoms with Crippen LogP contribution in [0, 0.1) is 0 Å². The number of carbonyl (C=O) groups is 3. The maximum absolute atomic E-state index is 12.7. The number of nitrogens with one attached hydrogen (secondary N) is 2. The quantitative estimate of drug-likeness (QED) is 0.198. The van der Waals surface area contributed by atoms with Crippen molar-refractivity contribution in [1.82, 2.24) is 30.1 Å². The predicted octanol–water partition coefficient (Wildman–Crippen LogP) is 0.682. The second-order valence-corrected chi connectivity index (χ2v) is 8.60. The van der Waals surface area contributed by atoms with E-state index in [1.165, 1.54) is 6.20 Å². The number of amides is 2. The predicted molar refractivity (Wildman–Crippen MR) is 142 cm³/mol. The van der Waals surface area contributed by atoms with Crippen LogP contribution in [-0.4, -0.2) is 76.6 Å². The van der Waals surface area contributed by atoms with Gasteiger partial charge in [-0.1, -0.05) is 11.6 Å². The Morgan fingerprint density at radius 3 is 2.63 bits per heavy atom. The second kappa shape index (κ2) is 14.7. The molecule has 0 aliphatic carbocycles. The van der Waals surface area contributed by atoms with Crippen LogP contribution in [0.2, 0.25) is 5.15 Å². The number of halogens is 1. The summed E-state index contributed by atoms with van der Waals surface area (Å²) in [5, 5.41) is 12.7. The summed E-state index contributed by atoms with van der Waals surface area (Å²) in [5.41, 5.74) is 7.70. The van der Waals surface area contributed by atoms with Gasteiger partial charge >= 0.3 is 0 Å². The standard InChI is InChI=1S/C23H31ClN8O3.CH2O2/c1-5-31-16-8-7-15(35-14-19(33)26-9-10-30(3)4)11-17(16)32(6-2)20(31)13-28-23(34)21-22(25)27-12-18(24)29-21;2-1-3/h7-8,11-12H,5-6,9-10,13-14H2,1-4H3,(H3-,25,26,27,28,33,34);1H,(H,2,3)/p+1. The molecule has 0 aliphatic rings. The van der Waals surface area contributed by atoms with Crippen LogP contribution in [0.3, 0.4) is 0 Å². The number of likely N-dealkylation sites (N-methyl/N-ethyl adjacent to an activating group) is 1. The fourth-order valence-electron chi connectivity index (χ4n) is 3.76. The number of fused-ring (bicyclic) bond motifs is 1. The van der Waals surface area contributed by atoms with Gasteiger partial charge < -0.3 is 31.1 Å². The molecule has 0 atom stereocenters. The molecule has 3 aromatic rings. The lowest BCUT2D eigenvalue weighted by molar-refractivity contribution is -0.676. The Balaban J connectivity index is 0.00000161. The number of hydrogen-bond donors (Lipinski definition) is 4. The van der Waals surface area contributed by atoms with Crippen molar-refractivity contribution >= 4 is 46.7 Å². The van der Waals surface area contributed by atoms with Gasteiger partial charge in [-0.2, -0.15) is 0 Å². The molecule has 206 valence electrons. The van der Waals surface area contributed by atoms with E-state index in [2.05, 4.69) is 29.7 Å². The maximum atomic E-state index is 12.7. The van der Waals surface area contributed by atoms with E-state index in [0.29, 0.717) is 25.4 Å². The third kappa shape index (κ3) is 8.02. The molecular formula is C24H34ClN8O5+. The molecule has 2 amide bonds. The first kappa shape index (κ1) is 30.3. The van der Waals surface area contributed by atoms with E-state index in [9.17, 15) is 9.59 Å². The van der Waals surface area contributed by atoms with Crippen LogP contribution < -0.4 is 25.7 Å². The van der Waals surface area contributed by atoms with Crippen molar-refractivity contribution in [1.29, 1.82) is 0 Å². The lowest BCUT2D eigenvalue weighted by Crippen LogP contribution is -2.40. The number of anilines is 1. The highest BCUT2D eigenvalue weighted by molar-refractivity contribution is 6.29. The minimum absolute atomic E-state index is 0.0128. The SMILES string of the molecule is CCn1c(CNC(=O)c2nc(Cl)cnc2N)[n+](CC)c2ccc(OCC(=O)NCCN(C)C)cc21.O=CO. The van der Waals surface area contributed by atoms with Gasteiger partial charge in [-0.15, -0.1) is 0 Å². The Labute approximate surface area is 225 Å². The summed E-state index contributed by atoms with van der Waals surface area (Å²) in [6.45, 7) is 6.67. The number of aromatic nitrogens is 4. The fraction of sp³-hybridized carbons (Fsp3) is 0.417.